The quantitative estimate of drug-likeness (QED) is 0.704. The predicted octanol–water partition coefficient (Wildman–Crippen LogP) is 3.16. The molecular weight excluding hydrogens is 395 g/mol. The van der Waals surface area contributed by atoms with Gasteiger partial charge in [0.1, 0.15) is 0 Å². The van der Waals surface area contributed by atoms with Crippen molar-refractivity contribution in [2.75, 3.05) is 49.5 Å². The summed E-state index contributed by atoms with van der Waals surface area (Å²) in [5, 5.41) is 2.97. The second-order valence-electron chi connectivity index (χ2n) is 6.72. The highest BCUT2D eigenvalue weighted by atomic mass is 35.5. The normalized spacial score (nSPS) is 16.7. The van der Waals surface area contributed by atoms with Crippen molar-refractivity contribution in [1.82, 2.24) is 4.90 Å². The topological polar surface area (TPSA) is 61.6 Å². The second-order valence-corrected chi connectivity index (χ2v) is 6.72. The fourth-order valence-electron chi connectivity index (χ4n) is 3.12. The molecule has 1 amide bonds. The number of hydrogen-bond donors (Lipinski definition) is 2. The molecule has 1 aromatic rings. The molecule has 2 aliphatic rings. The minimum absolute atomic E-state index is 0. The van der Waals surface area contributed by atoms with E-state index in [1.807, 2.05) is 12.1 Å². The Balaban J connectivity index is 0.00000208. The summed E-state index contributed by atoms with van der Waals surface area (Å²) in [5.41, 5.74) is 7.53. The number of hydrogen-bond acceptors (Lipinski definition) is 4. The number of carbonyl (C=O) groups excluding carboxylic acids is 1. The van der Waals surface area contributed by atoms with Gasteiger partial charge in [0, 0.05) is 50.5 Å². The SMILES string of the molecule is Cl.Cl.Cl.NCCCC(=O)Nc1cccc(N2CCN(CC3CC3)CC2)c1. The van der Waals surface area contributed by atoms with Gasteiger partial charge >= 0.3 is 0 Å². The molecule has 1 aliphatic heterocycles. The maximum atomic E-state index is 11.8. The number of amides is 1. The van der Waals surface area contributed by atoms with Crippen LogP contribution in [0.15, 0.2) is 24.3 Å². The maximum Gasteiger partial charge on any atom is 0.224 e. The average molecular weight is 426 g/mol. The Morgan fingerprint density at radius 2 is 1.81 bits per heavy atom. The zero-order valence-corrected chi connectivity index (χ0v) is 17.5. The summed E-state index contributed by atoms with van der Waals surface area (Å²) in [4.78, 5) is 16.8. The van der Waals surface area contributed by atoms with E-state index < -0.39 is 0 Å². The number of nitrogens with zero attached hydrogens (tertiary/aromatic N) is 2. The van der Waals surface area contributed by atoms with Crippen molar-refractivity contribution in [3.63, 3.8) is 0 Å². The van der Waals surface area contributed by atoms with Crippen LogP contribution in [0, 0.1) is 5.92 Å². The highest BCUT2D eigenvalue weighted by molar-refractivity contribution is 5.91. The first-order chi connectivity index (χ1) is 11.2. The van der Waals surface area contributed by atoms with Crippen molar-refractivity contribution in [2.45, 2.75) is 25.7 Å². The van der Waals surface area contributed by atoms with Crippen LogP contribution < -0.4 is 16.0 Å². The molecule has 26 heavy (non-hydrogen) atoms. The molecule has 150 valence electrons. The number of piperazine rings is 1. The van der Waals surface area contributed by atoms with Crippen molar-refractivity contribution >= 4 is 54.5 Å². The Hall–Kier alpha value is -0.720. The Morgan fingerprint density at radius 3 is 2.42 bits per heavy atom. The molecule has 1 saturated carbocycles. The standard InChI is InChI=1S/C18H28N4O.3ClH/c19-8-2-5-18(23)20-16-3-1-4-17(13-16)22-11-9-21(10-12-22)14-15-6-7-15;;;/h1,3-4,13,15H,2,5-12,14,19H2,(H,20,23);3*1H. The molecule has 0 aromatic heterocycles. The van der Waals surface area contributed by atoms with E-state index in [4.69, 9.17) is 5.73 Å². The summed E-state index contributed by atoms with van der Waals surface area (Å²) in [6, 6.07) is 8.18. The molecule has 5 nitrogen and oxygen atoms in total. The van der Waals surface area contributed by atoms with E-state index in [0.29, 0.717) is 13.0 Å². The molecule has 1 saturated heterocycles. The molecule has 0 spiro atoms. The lowest BCUT2D eigenvalue weighted by atomic mass is 10.2. The van der Waals surface area contributed by atoms with Crippen LogP contribution in [-0.2, 0) is 4.79 Å². The van der Waals surface area contributed by atoms with Crippen LogP contribution in [0.2, 0.25) is 0 Å². The third-order valence-electron chi connectivity index (χ3n) is 4.69. The first-order valence-electron chi connectivity index (χ1n) is 8.82. The van der Waals surface area contributed by atoms with Gasteiger partial charge in [0.25, 0.3) is 0 Å². The van der Waals surface area contributed by atoms with Gasteiger partial charge in [0.15, 0.2) is 0 Å². The van der Waals surface area contributed by atoms with Crippen LogP contribution in [-0.4, -0.2) is 50.1 Å². The smallest absolute Gasteiger partial charge is 0.224 e. The Labute approximate surface area is 175 Å². The Kier molecular flexibility index (Phi) is 12.3. The van der Waals surface area contributed by atoms with Crippen molar-refractivity contribution < 1.29 is 4.79 Å². The van der Waals surface area contributed by atoms with Gasteiger partial charge in [-0.25, -0.2) is 0 Å². The van der Waals surface area contributed by atoms with E-state index in [-0.39, 0.29) is 43.1 Å². The van der Waals surface area contributed by atoms with Gasteiger partial charge in [-0.3, -0.25) is 9.69 Å². The Bertz CT molecular complexity index is 535. The van der Waals surface area contributed by atoms with E-state index in [2.05, 4.69) is 27.2 Å². The minimum atomic E-state index is 0. The molecule has 2 fully saturated rings. The number of halogens is 3. The predicted molar refractivity (Wildman–Crippen MR) is 116 cm³/mol. The fraction of sp³-hybridized carbons (Fsp3) is 0.611. The molecule has 8 heteroatoms. The molecule has 3 rings (SSSR count). The van der Waals surface area contributed by atoms with E-state index in [9.17, 15) is 4.79 Å². The van der Waals surface area contributed by atoms with Gasteiger partial charge in [-0.05, 0) is 49.9 Å². The van der Waals surface area contributed by atoms with Crippen molar-refractivity contribution in [3.8, 4) is 0 Å². The summed E-state index contributed by atoms with van der Waals surface area (Å²) in [7, 11) is 0. The van der Waals surface area contributed by atoms with Crippen LogP contribution in [0.4, 0.5) is 11.4 Å². The van der Waals surface area contributed by atoms with E-state index in [1.54, 1.807) is 0 Å². The molecular formula is C18H31Cl3N4O. The largest absolute Gasteiger partial charge is 0.369 e. The monoisotopic (exact) mass is 424 g/mol. The van der Waals surface area contributed by atoms with Crippen molar-refractivity contribution in [1.29, 1.82) is 0 Å². The summed E-state index contributed by atoms with van der Waals surface area (Å²) < 4.78 is 0. The summed E-state index contributed by atoms with van der Waals surface area (Å²) in [6.45, 7) is 6.26. The van der Waals surface area contributed by atoms with E-state index in [0.717, 1.165) is 44.2 Å². The highest BCUT2D eigenvalue weighted by Gasteiger charge is 2.26. The maximum absolute atomic E-state index is 11.8. The van der Waals surface area contributed by atoms with Gasteiger partial charge in [0.2, 0.25) is 5.91 Å². The molecule has 1 heterocycles. The molecule has 1 aromatic carbocycles. The third kappa shape index (κ3) is 7.89. The summed E-state index contributed by atoms with van der Waals surface area (Å²) in [5.74, 6) is 1.01. The van der Waals surface area contributed by atoms with Gasteiger partial charge < -0.3 is 16.0 Å². The van der Waals surface area contributed by atoms with Crippen molar-refractivity contribution in [2.24, 2.45) is 11.7 Å². The summed E-state index contributed by atoms with van der Waals surface area (Å²) >= 11 is 0. The molecule has 0 unspecified atom stereocenters. The van der Waals surface area contributed by atoms with Crippen molar-refractivity contribution in [3.05, 3.63) is 24.3 Å². The van der Waals surface area contributed by atoms with Gasteiger partial charge in [0.05, 0.1) is 0 Å². The summed E-state index contributed by atoms with van der Waals surface area (Å²) in [6.07, 6.45) is 4.06. The van der Waals surface area contributed by atoms with Crippen LogP contribution >= 0.6 is 37.2 Å². The number of anilines is 2. The zero-order valence-electron chi connectivity index (χ0n) is 15.1. The molecule has 0 bridgehead atoms. The van der Waals surface area contributed by atoms with E-state index >= 15 is 0 Å². The molecule has 1 aliphatic carbocycles. The minimum Gasteiger partial charge on any atom is -0.369 e. The highest BCUT2D eigenvalue weighted by Crippen LogP contribution is 2.30. The van der Waals surface area contributed by atoms with Crippen LogP contribution in [0.5, 0.6) is 0 Å². The van der Waals surface area contributed by atoms with E-state index in [1.165, 1.54) is 25.1 Å². The van der Waals surface area contributed by atoms with Gasteiger partial charge in [-0.2, -0.15) is 0 Å². The number of rotatable bonds is 7. The molecule has 0 radical (unpaired) electrons. The Morgan fingerprint density at radius 1 is 1.12 bits per heavy atom. The first-order valence-corrected chi connectivity index (χ1v) is 8.82. The van der Waals surface area contributed by atoms with Crippen LogP contribution in [0.3, 0.4) is 0 Å². The first kappa shape index (κ1) is 25.3. The lowest BCUT2D eigenvalue weighted by Crippen LogP contribution is -2.47. The second kappa shape index (κ2) is 12.6. The van der Waals surface area contributed by atoms with Gasteiger partial charge in [-0.1, -0.05) is 6.07 Å². The van der Waals surface area contributed by atoms with Crippen LogP contribution in [0.1, 0.15) is 25.7 Å². The number of nitrogens with one attached hydrogen (secondary N) is 1. The van der Waals surface area contributed by atoms with Gasteiger partial charge in [-0.15, -0.1) is 37.2 Å². The average Bonchev–Trinajstić information content (AvgIpc) is 3.38. The number of carbonyl (C=O) groups is 1. The molecule has 3 N–H and O–H groups in total. The lowest BCUT2D eigenvalue weighted by molar-refractivity contribution is -0.116. The third-order valence-corrected chi connectivity index (χ3v) is 4.69. The molecule has 0 atom stereocenters. The zero-order chi connectivity index (χ0) is 16.1. The lowest BCUT2D eigenvalue weighted by Gasteiger charge is -2.36. The number of benzene rings is 1. The number of nitrogens with two attached hydrogens (primary N) is 1. The van der Waals surface area contributed by atoms with Crippen LogP contribution in [0.25, 0.3) is 0 Å². The fourth-order valence-corrected chi connectivity index (χ4v) is 3.12.